The van der Waals surface area contributed by atoms with E-state index in [-0.39, 0.29) is 23.8 Å². The number of aryl methyl sites for hydroxylation is 2. The molecule has 8 heteroatoms. The molecular formula is C25H21N3O4S. The molecule has 33 heavy (non-hydrogen) atoms. The van der Waals surface area contributed by atoms with Gasteiger partial charge in [-0.1, -0.05) is 23.8 Å². The summed E-state index contributed by atoms with van der Waals surface area (Å²) in [6.45, 7) is 5.54. The SMILES string of the molecule is Cc1ccc(-c2csc3ncn(CC(=O)c4ccc5c(c4)NC(=O)C(C)O5)c(=O)c23)c(C)c1. The van der Waals surface area contributed by atoms with Gasteiger partial charge in [-0.05, 0) is 50.1 Å². The van der Waals surface area contributed by atoms with Crippen LogP contribution in [0.1, 0.15) is 28.4 Å². The molecule has 0 fully saturated rings. The van der Waals surface area contributed by atoms with Gasteiger partial charge in [-0.2, -0.15) is 0 Å². The molecule has 4 aromatic rings. The van der Waals surface area contributed by atoms with Gasteiger partial charge in [0.2, 0.25) is 0 Å². The van der Waals surface area contributed by atoms with Crippen molar-refractivity contribution in [1.82, 2.24) is 9.55 Å². The molecular weight excluding hydrogens is 438 g/mol. The van der Waals surface area contributed by atoms with E-state index in [1.54, 1.807) is 25.1 Å². The van der Waals surface area contributed by atoms with Gasteiger partial charge in [0.05, 0.1) is 23.9 Å². The molecule has 7 nitrogen and oxygen atoms in total. The van der Waals surface area contributed by atoms with Gasteiger partial charge in [-0.3, -0.25) is 19.0 Å². The molecule has 1 aliphatic rings. The first-order valence-electron chi connectivity index (χ1n) is 10.5. The van der Waals surface area contributed by atoms with Crippen LogP contribution >= 0.6 is 11.3 Å². The number of fused-ring (bicyclic) bond motifs is 2. The van der Waals surface area contributed by atoms with E-state index < -0.39 is 6.10 Å². The summed E-state index contributed by atoms with van der Waals surface area (Å²) in [5.41, 5.74) is 4.60. The number of hydrogen-bond donors (Lipinski definition) is 1. The first-order chi connectivity index (χ1) is 15.8. The Morgan fingerprint density at radius 3 is 2.76 bits per heavy atom. The highest BCUT2D eigenvalue weighted by Crippen LogP contribution is 2.33. The second-order valence-electron chi connectivity index (χ2n) is 8.21. The quantitative estimate of drug-likeness (QED) is 0.459. The number of nitrogens with zero attached hydrogens (tertiary/aromatic N) is 2. The lowest BCUT2D eigenvalue weighted by Gasteiger charge is -2.23. The molecule has 166 valence electrons. The molecule has 1 amide bonds. The predicted octanol–water partition coefficient (Wildman–Crippen LogP) is 4.34. The fourth-order valence-corrected chi connectivity index (χ4v) is 4.92. The van der Waals surface area contributed by atoms with E-state index in [0.29, 0.717) is 27.2 Å². The van der Waals surface area contributed by atoms with Crippen LogP contribution in [0.2, 0.25) is 0 Å². The van der Waals surface area contributed by atoms with E-state index in [2.05, 4.69) is 16.4 Å². The van der Waals surface area contributed by atoms with Crippen molar-refractivity contribution in [2.75, 3.05) is 5.32 Å². The number of anilines is 1. The molecule has 0 radical (unpaired) electrons. The molecule has 0 bridgehead atoms. The molecule has 0 saturated carbocycles. The first-order valence-corrected chi connectivity index (χ1v) is 11.4. The zero-order chi connectivity index (χ0) is 23.3. The van der Waals surface area contributed by atoms with E-state index >= 15 is 0 Å². The minimum atomic E-state index is -0.590. The second-order valence-corrected chi connectivity index (χ2v) is 9.07. The molecule has 3 heterocycles. The monoisotopic (exact) mass is 459 g/mol. The molecule has 1 atom stereocenters. The molecule has 0 spiro atoms. The highest BCUT2D eigenvalue weighted by Gasteiger charge is 2.24. The number of nitrogens with one attached hydrogen (secondary N) is 1. The van der Waals surface area contributed by atoms with Crippen molar-refractivity contribution in [3.63, 3.8) is 0 Å². The average molecular weight is 460 g/mol. The van der Waals surface area contributed by atoms with Crippen molar-refractivity contribution in [2.24, 2.45) is 0 Å². The van der Waals surface area contributed by atoms with Crippen molar-refractivity contribution in [2.45, 2.75) is 33.4 Å². The van der Waals surface area contributed by atoms with Gasteiger partial charge < -0.3 is 10.1 Å². The highest BCUT2D eigenvalue weighted by atomic mass is 32.1. The number of carbonyl (C=O) groups excluding carboxylic acids is 2. The fourth-order valence-electron chi connectivity index (χ4n) is 4.02. The Hall–Kier alpha value is -3.78. The van der Waals surface area contributed by atoms with Crippen LogP contribution in [0, 0.1) is 13.8 Å². The summed E-state index contributed by atoms with van der Waals surface area (Å²) >= 11 is 1.41. The van der Waals surface area contributed by atoms with Crippen molar-refractivity contribution >= 4 is 38.9 Å². The smallest absolute Gasteiger partial charge is 0.265 e. The van der Waals surface area contributed by atoms with E-state index in [0.717, 1.165) is 22.3 Å². The number of rotatable bonds is 4. The third-order valence-corrected chi connectivity index (χ3v) is 6.67. The van der Waals surface area contributed by atoms with Crippen LogP contribution in [0.4, 0.5) is 5.69 Å². The summed E-state index contributed by atoms with van der Waals surface area (Å²) in [4.78, 5) is 43.3. The first kappa shape index (κ1) is 21.1. The van der Waals surface area contributed by atoms with Gasteiger partial charge in [-0.15, -0.1) is 11.3 Å². The topological polar surface area (TPSA) is 90.3 Å². The summed E-state index contributed by atoms with van der Waals surface area (Å²) in [7, 11) is 0. The molecule has 2 aromatic heterocycles. The van der Waals surface area contributed by atoms with Gasteiger partial charge in [-0.25, -0.2) is 4.98 Å². The standard InChI is InChI=1S/C25H21N3O4S/c1-13-4-6-17(14(2)8-13)18-11-33-24-22(18)25(31)28(12-26-24)10-20(29)16-5-7-21-19(9-16)27-23(30)15(3)32-21/h4-9,11-12,15H,10H2,1-3H3,(H,27,30). The largest absolute Gasteiger partial charge is 0.479 e. The number of aromatic nitrogens is 2. The van der Waals surface area contributed by atoms with Gasteiger partial charge in [0.25, 0.3) is 11.5 Å². The summed E-state index contributed by atoms with van der Waals surface area (Å²) in [6.07, 6.45) is 0.822. The summed E-state index contributed by atoms with van der Waals surface area (Å²) in [5, 5.41) is 5.20. The number of thiophene rings is 1. The molecule has 2 aromatic carbocycles. The Morgan fingerprint density at radius 2 is 1.97 bits per heavy atom. The molecule has 5 rings (SSSR count). The number of Topliss-reactive ketones (excluding diaryl/α,β-unsaturated/α-hetero) is 1. The van der Waals surface area contributed by atoms with Crippen LogP contribution in [0.15, 0.2) is 52.9 Å². The normalized spacial score (nSPS) is 15.1. The summed E-state index contributed by atoms with van der Waals surface area (Å²) in [5.74, 6) is -0.0261. The van der Waals surface area contributed by atoms with Crippen LogP contribution in [-0.4, -0.2) is 27.3 Å². The Kier molecular flexibility index (Phi) is 5.09. The van der Waals surface area contributed by atoms with Gasteiger partial charge in [0.15, 0.2) is 11.9 Å². The summed E-state index contributed by atoms with van der Waals surface area (Å²) < 4.78 is 6.87. The third-order valence-electron chi connectivity index (χ3n) is 5.78. The van der Waals surface area contributed by atoms with Crippen molar-refractivity contribution in [3.8, 4) is 16.9 Å². The maximum Gasteiger partial charge on any atom is 0.265 e. The molecule has 0 saturated heterocycles. The second kappa shape index (κ2) is 7.97. The van der Waals surface area contributed by atoms with Crippen LogP contribution < -0.4 is 15.6 Å². The number of ketones is 1. The summed E-state index contributed by atoms with van der Waals surface area (Å²) in [6, 6.07) is 11.0. The fraction of sp³-hybridized carbons (Fsp3) is 0.200. The maximum absolute atomic E-state index is 13.3. The van der Waals surface area contributed by atoms with Crippen molar-refractivity contribution in [1.29, 1.82) is 0 Å². The Balaban J connectivity index is 1.49. The maximum atomic E-state index is 13.3. The number of ether oxygens (including phenoxy) is 1. The zero-order valence-electron chi connectivity index (χ0n) is 18.3. The van der Waals surface area contributed by atoms with E-state index in [1.807, 2.05) is 31.4 Å². The third kappa shape index (κ3) is 3.72. The lowest BCUT2D eigenvalue weighted by atomic mass is 9.99. The Bertz CT molecular complexity index is 1500. The molecule has 1 aliphatic heterocycles. The van der Waals surface area contributed by atoms with Crippen LogP contribution in [0.3, 0.4) is 0 Å². The number of amides is 1. The van der Waals surface area contributed by atoms with Crippen molar-refractivity contribution < 1.29 is 14.3 Å². The number of hydrogen-bond acceptors (Lipinski definition) is 6. The van der Waals surface area contributed by atoms with Crippen LogP contribution in [0.25, 0.3) is 21.3 Å². The highest BCUT2D eigenvalue weighted by molar-refractivity contribution is 7.17. The van der Waals surface area contributed by atoms with Crippen LogP contribution in [0.5, 0.6) is 5.75 Å². The Labute approximate surface area is 193 Å². The minimum absolute atomic E-state index is 0.159. The van der Waals surface area contributed by atoms with E-state index in [4.69, 9.17) is 4.74 Å². The van der Waals surface area contributed by atoms with E-state index in [9.17, 15) is 14.4 Å². The Morgan fingerprint density at radius 1 is 1.15 bits per heavy atom. The molecule has 1 N–H and O–H groups in total. The number of carbonyl (C=O) groups is 2. The lowest BCUT2D eigenvalue weighted by molar-refractivity contribution is -0.122. The lowest BCUT2D eigenvalue weighted by Crippen LogP contribution is -2.34. The molecule has 1 unspecified atom stereocenters. The van der Waals surface area contributed by atoms with Crippen molar-refractivity contribution in [3.05, 3.63) is 75.1 Å². The van der Waals surface area contributed by atoms with Gasteiger partial charge >= 0.3 is 0 Å². The average Bonchev–Trinajstić information content (AvgIpc) is 3.21. The predicted molar refractivity (Wildman–Crippen MR) is 128 cm³/mol. The minimum Gasteiger partial charge on any atom is -0.479 e. The zero-order valence-corrected chi connectivity index (χ0v) is 19.2. The van der Waals surface area contributed by atoms with E-state index in [1.165, 1.54) is 22.2 Å². The molecule has 0 aliphatic carbocycles. The number of benzene rings is 2. The van der Waals surface area contributed by atoms with Gasteiger partial charge in [0, 0.05) is 16.5 Å². The van der Waals surface area contributed by atoms with Gasteiger partial charge in [0.1, 0.15) is 10.6 Å². The van der Waals surface area contributed by atoms with Crippen LogP contribution in [-0.2, 0) is 11.3 Å².